The zero-order valence-electron chi connectivity index (χ0n) is 21.0. The molecule has 0 saturated carbocycles. The van der Waals surface area contributed by atoms with Crippen molar-refractivity contribution in [2.45, 2.75) is 25.4 Å². The van der Waals surface area contributed by atoms with Crippen LogP contribution in [0, 0.1) is 0 Å². The largest absolute Gasteiger partial charge is 0.507 e. The number of fused-ring (bicyclic) bond motifs is 2. The van der Waals surface area contributed by atoms with Crippen molar-refractivity contribution < 1.29 is 24.2 Å². The van der Waals surface area contributed by atoms with Crippen LogP contribution in [0.2, 0.25) is 0 Å². The number of Topliss-reactive ketones (excluding diaryl/α,β-unsaturated/α-hetero) is 1. The highest BCUT2D eigenvalue weighted by atomic mass is 16.5. The molecule has 1 saturated heterocycles. The van der Waals surface area contributed by atoms with Gasteiger partial charge >= 0.3 is 0 Å². The van der Waals surface area contributed by atoms with Crippen molar-refractivity contribution >= 4 is 29.0 Å². The number of benzene rings is 2. The van der Waals surface area contributed by atoms with Crippen LogP contribution in [0.4, 0.5) is 5.69 Å². The summed E-state index contributed by atoms with van der Waals surface area (Å²) in [5.41, 5.74) is -0.203. The van der Waals surface area contributed by atoms with Gasteiger partial charge in [-0.05, 0) is 48.4 Å². The van der Waals surface area contributed by atoms with Crippen LogP contribution in [0.15, 0.2) is 91.3 Å². The maximum absolute atomic E-state index is 14.3. The Morgan fingerprint density at radius 2 is 1.84 bits per heavy atom. The molecule has 2 aromatic carbocycles. The first-order chi connectivity index (χ1) is 18.4. The number of carbonyl (C=O) groups is 3. The summed E-state index contributed by atoms with van der Waals surface area (Å²) in [6, 6.07) is 17.1. The van der Waals surface area contributed by atoms with E-state index in [1.807, 2.05) is 6.92 Å². The number of aromatic nitrogens is 1. The minimum Gasteiger partial charge on any atom is -0.507 e. The van der Waals surface area contributed by atoms with Crippen LogP contribution in [0.1, 0.15) is 30.0 Å². The third kappa shape index (κ3) is 3.76. The summed E-state index contributed by atoms with van der Waals surface area (Å²) in [5.74, 6) is -2.13. The lowest BCUT2D eigenvalue weighted by Crippen LogP contribution is -2.51. The van der Waals surface area contributed by atoms with Crippen LogP contribution in [-0.2, 0) is 26.5 Å². The number of aliphatic hydroxyl groups is 1. The molecular weight excluding hydrogens is 482 g/mol. The van der Waals surface area contributed by atoms with Gasteiger partial charge in [0.25, 0.3) is 17.6 Å². The molecule has 0 bridgehead atoms. The Kier molecular flexibility index (Phi) is 6.55. The molecule has 0 radical (unpaired) electrons. The number of likely N-dealkylation sites (tertiary alicyclic amines) is 1. The molecule has 192 valence electrons. The number of nitrogens with zero attached hydrogens (tertiary/aromatic N) is 3. The first kappa shape index (κ1) is 25.0. The van der Waals surface area contributed by atoms with Crippen molar-refractivity contribution in [1.29, 1.82) is 0 Å². The number of hydrogen-bond acceptors (Lipinski definition) is 6. The number of ether oxygens (including phenoxy) is 1. The minimum atomic E-state index is -1.86. The van der Waals surface area contributed by atoms with Crippen LogP contribution in [0.5, 0.6) is 5.75 Å². The molecule has 38 heavy (non-hydrogen) atoms. The molecule has 3 heterocycles. The molecule has 1 N–H and O–H groups in total. The third-order valence-electron chi connectivity index (χ3n) is 6.78. The van der Waals surface area contributed by atoms with E-state index in [1.165, 1.54) is 9.80 Å². The first-order valence-corrected chi connectivity index (χ1v) is 12.4. The second kappa shape index (κ2) is 9.97. The molecule has 3 aromatic rings. The number of hydrogen-bond donors (Lipinski definition) is 1. The summed E-state index contributed by atoms with van der Waals surface area (Å²) < 4.78 is 5.63. The topological polar surface area (TPSA) is 100 Å². The summed E-state index contributed by atoms with van der Waals surface area (Å²) in [4.78, 5) is 48.5. The lowest BCUT2D eigenvalue weighted by atomic mass is 9.81. The minimum absolute atomic E-state index is 0.0546. The molecule has 8 nitrogen and oxygen atoms in total. The molecule has 1 fully saturated rings. The van der Waals surface area contributed by atoms with E-state index in [9.17, 15) is 19.5 Å². The average molecular weight is 510 g/mol. The van der Waals surface area contributed by atoms with Gasteiger partial charge in [-0.1, -0.05) is 37.3 Å². The van der Waals surface area contributed by atoms with Crippen LogP contribution in [-0.4, -0.2) is 45.7 Å². The fourth-order valence-corrected chi connectivity index (χ4v) is 5.15. The molecule has 5 rings (SSSR count). The summed E-state index contributed by atoms with van der Waals surface area (Å²) in [5, 5.41) is 11.6. The zero-order valence-corrected chi connectivity index (χ0v) is 21.0. The van der Waals surface area contributed by atoms with Gasteiger partial charge in [-0.3, -0.25) is 19.4 Å². The fourth-order valence-electron chi connectivity index (χ4n) is 5.15. The number of anilines is 1. The highest BCUT2D eigenvalue weighted by molar-refractivity contribution is 6.50. The lowest BCUT2D eigenvalue weighted by Gasteiger charge is -2.34. The summed E-state index contributed by atoms with van der Waals surface area (Å²) in [6.45, 7) is 6.42. The smallest absolute Gasteiger partial charge is 0.296 e. The Morgan fingerprint density at radius 3 is 2.53 bits per heavy atom. The quantitative estimate of drug-likeness (QED) is 0.212. The third-order valence-corrected chi connectivity index (χ3v) is 6.78. The number of pyridine rings is 1. The molecule has 2 aliphatic heterocycles. The Morgan fingerprint density at radius 1 is 1.08 bits per heavy atom. The van der Waals surface area contributed by atoms with E-state index in [0.717, 1.165) is 6.42 Å². The highest BCUT2D eigenvalue weighted by Gasteiger charge is 2.67. The van der Waals surface area contributed by atoms with Crippen molar-refractivity contribution in [1.82, 2.24) is 9.88 Å². The summed E-state index contributed by atoms with van der Waals surface area (Å²) in [6.07, 6.45) is 5.60. The van der Waals surface area contributed by atoms with Gasteiger partial charge in [0.15, 0.2) is 5.54 Å². The summed E-state index contributed by atoms with van der Waals surface area (Å²) >= 11 is 0. The fraction of sp³-hybridized carbons (Fsp3) is 0.200. The molecule has 1 spiro atoms. The van der Waals surface area contributed by atoms with Gasteiger partial charge < -0.3 is 19.6 Å². The van der Waals surface area contributed by atoms with Crippen LogP contribution >= 0.6 is 0 Å². The van der Waals surface area contributed by atoms with E-state index in [-0.39, 0.29) is 18.7 Å². The molecular formula is C30H27N3O5. The maximum atomic E-state index is 14.3. The molecule has 8 heteroatoms. The van der Waals surface area contributed by atoms with Gasteiger partial charge in [0.05, 0.1) is 17.9 Å². The number of aliphatic hydroxyl groups excluding tert-OH is 1. The molecule has 0 aliphatic carbocycles. The van der Waals surface area contributed by atoms with Crippen molar-refractivity contribution in [2.24, 2.45) is 0 Å². The normalized spacial score (nSPS) is 19.8. The van der Waals surface area contributed by atoms with Gasteiger partial charge in [-0.15, -0.1) is 6.58 Å². The van der Waals surface area contributed by atoms with E-state index in [0.29, 0.717) is 34.7 Å². The number of carbonyl (C=O) groups excluding carboxylic acids is 3. The van der Waals surface area contributed by atoms with E-state index in [4.69, 9.17) is 4.74 Å². The van der Waals surface area contributed by atoms with Gasteiger partial charge in [-0.2, -0.15) is 0 Å². The summed E-state index contributed by atoms with van der Waals surface area (Å²) in [7, 11) is 0. The molecule has 1 atom stereocenters. The Balaban J connectivity index is 1.74. The first-order valence-electron chi connectivity index (χ1n) is 12.4. The SMILES string of the molecule is C=CCN1C(=O)C2(C(=C(O)c3ccc(OCCC)cc3)C(=O)C(=O)N2Cc2cccnc2)c2ccccc21. The Bertz CT molecular complexity index is 1450. The standard InChI is InChI=1S/C30H27N3O5/c1-3-16-32-24-10-6-5-9-23(24)30(29(32)37)25(26(34)21-11-13-22(14-12-21)38-17-4-2)27(35)28(36)33(30)19-20-8-7-15-31-18-20/h3,5-15,18,34H,1,4,16-17,19H2,2H3. The van der Waals surface area contributed by atoms with Crippen molar-refractivity contribution in [3.8, 4) is 5.75 Å². The highest BCUT2D eigenvalue weighted by Crippen LogP contribution is 2.54. The second-order valence-corrected chi connectivity index (χ2v) is 9.11. The molecule has 2 amide bonds. The number of ketones is 1. The molecule has 1 aromatic heterocycles. The molecule has 2 aliphatic rings. The van der Waals surface area contributed by atoms with Crippen molar-refractivity contribution in [3.05, 3.63) is 108 Å². The monoisotopic (exact) mass is 509 g/mol. The van der Waals surface area contributed by atoms with Crippen LogP contribution < -0.4 is 9.64 Å². The predicted octanol–water partition coefficient (Wildman–Crippen LogP) is 4.18. The van der Waals surface area contributed by atoms with Crippen molar-refractivity contribution in [2.75, 3.05) is 18.1 Å². The van der Waals surface area contributed by atoms with Crippen molar-refractivity contribution in [3.63, 3.8) is 0 Å². The predicted molar refractivity (Wildman–Crippen MR) is 142 cm³/mol. The van der Waals surface area contributed by atoms with Gasteiger partial charge in [0.1, 0.15) is 11.5 Å². The van der Waals surface area contributed by atoms with Gasteiger partial charge in [0.2, 0.25) is 0 Å². The number of amides is 2. The number of rotatable bonds is 8. The average Bonchev–Trinajstić information content (AvgIpc) is 3.32. The lowest BCUT2D eigenvalue weighted by molar-refractivity contribution is -0.144. The second-order valence-electron chi connectivity index (χ2n) is 9.11. The Hall–Kier alpha value is -4.72. The van der Waals surface area contributed by atoms with E-state index < -0.39 is 28.9 Å². The molecule has 1 unspecified atom stereocenters. The van der Waals surface area contributed by atoms with Gasteiger partial charge in [-0.25, -0.2) is 0 Å². The Labute approximate surface area is 220 Å². The van der Waals surface area contributed by atoms with E-state index in [1.54, 1.807) is 79.1 Å². The van der Waals surface area contributed by atoms with Crippen LogP contribution in [0.3, 0.4) is 0 Å². The number of para-hydroxylation sites is 1. The van der Waals surface area contributed by atoms with E-state index >= 15 is 0 Å². The van der Waals surface area contributed by atoms with Crippen LogP contribution in [0.25, 0.3) is 5.76 Å². The van der Waals surface area contributed by atoms with Gasteiger partial charge in [0, 0.05) is 36.6 Å². The van der Waals surface area contributed by atoms with E-state index in [2.05, 4.69) is 11.6 Å². The maximum Gasteiger partial charge on any atom is 0.296 e. The zero-order chi connectivity index (χ0) is 26.9.